The minimum atomic E-state index is -0.0284. The fourth-order valence-electron chi connectivity index (χ4n) is 2.16. The number of aliphatic hydroxyl groups is 1. The SMILES string of the molecule is CCCCN(c1ccccc1)c1ccc(CO)c(Cl)c1. The highest BCUT2D eigenvalue weighted by Crippen LogP contribution is 2.29. The first-order chi connectivity index (χ1) is 9.76. The van der Waals surface area contributed by atoms with Gasteiger partial charge in [-0.3, -0.25) is 0 Å². The molecule has 2 aromatic carbocycles. The Hall–Kier alpha value is -1.51. The molecule has 0 amide bonds. The van der Waals surface area contributed by atoms with Crippen LogP contribution in [0.5, 0.6) is 0 Å². The van der Waals surface area contributed by atoms with E-state index in [-0.39, 0.29) is 6.61 Å². The lowest BCUT2D eigenvalue weighted by atomic mass is 10.1. The molecule has 0 saturated carbocycles. The van der Waals surface area contributed by atoms with Gasteiger partial charge in [-0.2, -0.15) is 0 Å². The molecule has 0 spiro atoms. The smallest absolute Gasteiger partial charge is 0.0696 e. The average Bonchev–Trinajstić information content (AvgIpc) is 2.49. The van der Waals surface area contributed by atoms with Crippen LogP contribution in [0.25, 0.3) is 0 Å². The maximum absolute atomic E-state index is 9.21. The Kier molecular flexibility index (Phi) is 5.45. The van der Waals surface area contributed by atoms with Gasteiger partial charge in [-0.05, 0) is 36.2 Å². The van der Waals surface area contributed by atoms with Crippen LogP contribution in [0.15, 0.2) is 48.5 Å². The summed E-state index contributed by atoms with van der Waals surface area (Å²) < 4.78 is 0. The summed E-state index contributed by atoms with van der Waals surface area (Å²) in [7, 11) is 0. The van der Waals surface area contributed by atoms with Crippen LogP contribution in [0.3, 0.4) is 0 Å². The zero-order valence-electron chi connectivity index (χ0n) is 11.7. The van der Waals surface area contributed by atoms with Crippen LogP contribution >= 0.6 is 11.6 Å². The maximum atomic E-state index is 9.21. The Bertz CT molecular complexity index is 542. The van der Waals surface area contributed by atoms with Crippen LogP contribution in [0.2, 0.25) is 5.02 Å². The lowest BCUT2D eigenvalue weighted by Gasteiger charge is -2.25. The third kappa shape index (κ3) is 3.53. The standard InChI is InChI=1S/C17H20ClNO/c1-2-3-11-19(15-7-5-4-6-8-15)16-10-9-14(13-20)17(18)12-16/h4-10,12,20H,2-3,11,13H2,1H3. The molecule has 0 aliphatic carbocycles. The van der Waals surface area contributed by atoms with Gasteiger partial charge in [0.2, 0.25) is 0 Å². The van der Waals surface area contributed by atoms with Crippen molar-refractivity contribution < 1.29 is 5.11 Å². The third-order valence-corrected chi connectivity index (χ3v) is 3.67. The van der Waals surface area contributed by atoms with E-state index in [2.05, 4.69) is 24.0 Å². The van der Waals surface area contributed by atoms with Gasteiger partial charge in [0.25, 0.3) is 0 Å². The number of hydrogen-bond acceptors (Lipinski definition) is 2. The summed E-state index contributed by atoms with van der Waals surface area (Å²) in [5.74, 6) is 0. The zero-order valence-corrected chi connectivity index (χ0v) is 12.5. The van der Waals surface area contributed by atoms with Gasteiger partial charge in [-0.1, -0.05) is 49.2 Å². The van der Waals surface area contributed by atoms with Crippen LogP contribution < -0.4 is 4.90 Å². The van der Waals surface area contributed by atoms with Gasteiger partial charge in [0.15, 0.2) is 0 Å². The summed E-state index contributed by atoms with van der Waals surface area (Å²) in [6, 6.07) is 16.1. The molecule has 106 valence electrons. The van der Waals surface area contributed by atoms with Crippen molar-refractivity contribution in [2.24, 2.45) is 0 Å². The highest BCUT2D eigenvalue weighted by molar-refractivity contribution is 6.31. The van der Waals surface area contributed by atoms with E-state index in [9.17, 15) is 5.11 Å². The fraction of sp³-hybridized carbons (Fsp3) is 0.294. The molecule has 2 aromatic rings. The molecule has 20 heavy (non-hydrogen) atoms. The second-order valence-electron chi connectivity index (χ2n) is 4.77. The first-order valence-corrected chi connectivity index (χ1v) is 7.36. The summed E-state index contributed by atoms with van der Waals surface area (Å²) in [5, 5.41) is 9.82. The minimum absolute atomic E-state index is 0.0284. The van der Waals surface area contributed by atoms with Gasteiger partial charge in [0, 0.05) is 22.9 Å². The lowest BCUT2D eigenvalue weighted by molar-refractivity contribution is 0.282. The van der Waals surface area contributed by atoms with E-state index in [1.807, 2.05) is 36.4 Å². The Labute approximate surface area is 125 Å². The predicted molar refractivity (Wildman–Crippen MR) is 85.7 cm³/mol. The number of anilines is 2. The van der Waals surface area contributed by atoms with Crippen LogP contribution in [0.4, 0.5) is 11.4 Å². The molecular weight excluding hydrogens is 270 g/mol. The molecule has 0 heterocycles. The molecule has 0 atom stereocenters. The van der Waals surface area contributed by atoms with E-state index < -0.39 is 0 Å². The van der Waals surface area contributed by atoms with Crippen molar-refractivity contribution in [3.05, 3.63) is 59.1 Å². The summed E-state index contributed by atoms with van der Waals surface area (Å²) in [6.45, 7) is 3.11. The summed E-state index contributed by atoms with van der Waals surface area (Å²) in [6.07, 6.45) is 2.26. The molecule has 0 aliphatic rings. The Balaban J connectivity index is 2.33. The number of nitrogens with zero attached hydrogens (tertiary/aromatic N) is 1. The number of halogens is 1. The zero-order chi connectivity index (χ0) is 14.4. The summed E-state index contributed by atoms with van der Waals surface area (Å²) >= 11 is 6.21. The first kappa shape index (κ1) is 14.9. The molecule has 1 N–H and O–H groups in total. The Morgan fingerprint density at radius 1 is 1.05 bits per heavy atom. The summed E-state index contributed by atoms with van der Waals surface area (Å²) in [5.41, 5.74) is 2.99. The topological polar surface area (TPSA) is 23.5 Å². The Morgan fingerprint density at radius 2 is 1.80 bits per heavy atom. The minimum Gasteiger partial charge on any atom is -0.392 e. The molecule has 0 aromatic heterocycles. The largest absolute Gasteiger partial charge is 0.392 e. The normalized spacial score (nSPS) is 10.6. The van der Waals surface area contributed by atoms with E-state index in [1.54, 1.807) is 0 Å². The molecular formula is C17H20ClNO. The molecule has 2 nitrogen and oxygen atoms in total. The molecule has 0 fully saturated rings. The number of rotatable bonds is 6. The molecule has 0 saturated heterocycles. The number of unbranched alkanes of at least 4 members (excludes halogenated alkanes) is 1. The van der Waals surface area contributed by atoms with Crippen molar-refractivity contribution in [3.8, 4) is 0 Å². The van der Waals surface area contributed by atoms with Crippen molar-refractivity contribution >= 4 is 23.0 Å². The molecule has 3 heteroatoms. The highest BCUT2D eigenvalue weighted by Gasteiger charge is 2.10. The summed E-state index contributed by atoms with van der Waals surface area (Å²) in [4.78, 5) is 2.26. The number of hydrogen-bond donors (Lipinski definition) is 1. The van der Waals surface area contributed by atoms with Crippen molar-refractivity contribution in [1.82, 2.24) is 0 Å². The molecule has 0 aliphatic heterocycles. The van der Waals surface area contributed by atoms with Crippen LogP contribution in [-0.4, -0.2) is 11.7 Å². The van der Waals surface area contributed by atoms with Gasteiger partial charge >= 0.3 is 0 Å². The quantitative estimate of drug-likeness (QED) is 0.828. The van der Waals surface area contributed by atoms with Gasteiger partial charge in [0.1, 0.15) is 0 Å². The van der Waals surface area contributed by atoms with Crippen LogP contribution in [0, 0.1) is 0 Å². The van der Waals surface area contributed by atoms with Crippen molar-refractivity contribution in [2.75, 3.05) is 11.4 Å². The third-order valence-electron chi connectivity index (χ3n) is 3.32. The maximum Gasteiger partial charge on any atom is 0.0696 e. The van der Waals surface area contributed by atoms with E-state index in [0.717, 1.165) is 36.3 Å². The second kappa shape index (κ2) is 7.32. The fourth-order valence-corrected chi connectivity index (χ4v) is 2.40. The van der Waals surface area contributed by atoms with E-state index in [4.69, 9.17) is 11.6 Å². The number of para-hydroxylation sites is 1. The van der Waals surface area contributed by atoms with Gasteiger partial charge in [-0.15, -0.1) is 0 Å². The molecule has 2 rings (SSSR count). The number of aliphatic hydroxyl groups excluding tert-OH is 1. The van der Waals surface area contributed by atoms with Crippen LogP contribution in [0.1, 0.15) is 25.3 Å². The highest BCUT2D eigenvalue weighted by atomic mass is 35.5. The van der Waals surface area contributed by atoms with E-state index in [0.29, 0.717) is 5.02 Å². The lowest BCUT2D eigenvalue weighted by Crippen LogP contribution is -2.18. The Morgan fingerprint density at radius 3 is 2.40 bits per heavy atom. The first-order valence-electron chi connectivity index (χ1n) is 6.98. The predicted octanol–water partition coefficient (Wildman–Crippen LogP) is 4.77. The molecule has 0 bridgehead atoms. The van der Waals surface area contributed by atoms with Gasteiger partial charge in [0.05, 0.1) is 6.61 Å². The molecule has 0 radical (unpaired) electrons. The van der Waals surface area contributed by atoms with E-state index >= 15 is 0 Å². The number of benzene rings is 2. The van der Waals surface area contributed by atoms with Crippen LogP contribution in [-0.2, 0) is 6.61 Å². The van der Waals surface area contributed by atoms with E-state index in [1.165, 1.54) is 0 Å². The van der Waals surface area contributed by atoms with Crippen molar-refractivity contribution in [1.29, 1.82) is 0 Å². The van der Waals surface area contributed by atoms with Crippen molar-refractivity contribution in [3.63, 3.8) is 0 Å². The monoisotopic (exact) mass is 289 g/mol. The molecule has 0 unspecified atom stereocenters. The van der Waals surface area contributed by atoms with Gasteiger partial charge < -0.3 is 10.0 Å². The van der Waals surface area contributed by atoms with Crippen molar-refractivity contribution in [2.45, 2.75) is 26.4 Å². The van der Waals surface area contributed by atoms with Gasteiger partial charge in [-0.25, -0.2) is 0 Å². The average molecular weight is 290 g/mol. The second-order valence-corrected chi connectivity index (χ2v) is 5.18.